The zero-order valence-corrected chi connectivity index (χ0v) is 10.7. The van der Waals surface area contributed by atoms with Crippen LogP contribution in [0, 0.1) is 6.92 Å². The SMILES string of the molecule is Cc1nc(CSC(C)C)sc1C(=O)NN. The number of hydrogen-bond acceptors (Lipinski definition) is 5. The van der Waals surface area contributed by atoms with Gasteiger partial charge in [0.2, 0.25) is 0 Å². The lowest BCUT2D eigenvalue weighted by Gasteiger charge is -2.00. The van der Waals surface area contributed by atoms with E-state index in [1.165, 1.54) is 11.3 Å². The second-order valence-corrected chi connectivity index (χ2v) is 6.00. The Labute approximate surface area is 97.6 Å². The van der Waals surface area contributed by atoms with Gasteiger partial charge in [-0.25, -0.2) is 10.8 Å². The van der Waals surface area contributed by atoms with Gasteiger partial charge in [-0.2, -0.15) is 11.8 Å². The van der Waals surface area contributed by atoms with Crippen LogP contribution in [-0.2, 0) is 5.75 Å². The van der Waals surface area contributed by atoms with E-state index in [9.17, 15) is 4.79 Å². The fourth-order valence-corrected chi connectivity index (χ4v) is 2.77. The zero-order valence-electron chi connectivity index (χ0n) is 9.03. The first-order valence-corrected chi connectivity index (χ1v) is 6.50. The molecule has 84 valence electrons. The van der Waals surface area contributed by atoms with Crippen LogP contribution in [0.3, 0.4) is 0 Å². The van der Waals surface area contributed by atoms with Crippen LogP contribution in [0.15, 0.2) is 0 Å². The van der Waals surface area contributed by atoms with Crippen molar-refractivity contribution in [2.24, 2.45) is 5.84 Å². The lowest BCUT2D eigenvalue weighted by atomic mass is 10.4. The Kier molecular flexibility index (Phi) is 4.56. The number of nitrogen functional groups attached to an aromatic ring is 1. The van der Waals surface area contributed by atoms with Crippen LogP contribution >= 0.6 is 23.1 Å². The number of hydrogen-bond donors (Lipinski definition) is 2. The van der Waals surface area contributed by atoms with Gasteiger partial charge in [-0.05, 0) is 12.2 Å². The van der Waals surface area contributed by atoms with E-state index in [0.717, 1.165) is 16.5 Å². The maximum Gasteiger partial charge on any atom is 0.277 e. The molecule has 1 amide bonds. The summed E-state index contributed by atoms with van der Waals surface area (Å²) in [5, 5.41) is 1.55. The van der Waals surface area contributed by atoms with E-state index in [1.54, 1.807) is 0 Å². The van der Waals surface area contributed by atoms with Gasteiger partial charge in [0.1, 0.15) is 9.88 Å². The molecule has 0 unspecified atom stereocenters. The van der Waals surface area contributed by atoms with Crippen molar-refractivity contribution in [1.82, 2.24) is 10.4 Å². The van der Waals surface area contributed by atoms with Crippen LogP contribution in [0.5, 0.6) is 0 Å². The van der Waals surface area contributed by atoms with E-state index in [0.29, 0.717) is 10.1 Å². The molecule has 0 saturated carbocycles. The van der Waals surface area contributed by atoms with Crippen LogP contribution in [0.1, 0.15) is 34.2 Å². The predicted octanol–water partition coefficient (Wildman–Crippen LogP) is 1.70. The van der Waals surface area contributed by atoms with Gasteiger partial charge in [-0.1, -0.05) is 13.8 Å². The van der Waals surface area contributed by atoms with Gasteiger partial charge in [0.05, 0.1) is 5.69 Å². The molecule has 1 aromatic heterocycles. The van der Waals surface area contributed by atoms with Crippen molar-refractivity contribution < 1.29 is 4.79 Å². The molecular formula is C9H15N3OS2. The number of hydrazine groups is 1. The van der Waals surface area contributed by atoms with Crippen LogP contribution in [0.4, 0.5) is 0 Å². The average molecular weight is 245 g/mol. The summed E-state index contributed by atoms with van der Waals surface area (Å²) >= 11 is 3.22. The minimum atomic E-state index is -0.259. The molecule has 0 aliphatic heterocycles. The number of thioether (sulfide) groups is 1. The van der Waals surface area contributed by atoms with Crippen molar-refractivity contribution in [2.75, 3.05) is 0 Å². The number of nitrogens with one attached hydrogen (secondary N) is 1. The van der Waals surface area contributed by atoms with Crippen molar-refractivity contribution in [2.45, 2.75) is 31.8 Å². The van der Waals surface area contributed by atoms with Crippen molar-refractivity contribution in [3.8, 4) is 0 Å². The van der Waals surface area contributed by atoms with Crippen molar-refractivity contribution >= 4 is 29.0 Å². The summed E-state index contributed by atoms with van der Waals surface area (Å²) in [5.41, 5.74) is 2.88. The Morgan fingerprint density at radius 3 is 2.87 bits per heavy atom. The number of aryl methyl sites for hydroxylation is 1. The minimum Gasteiger partial charge on any atom is -0.289 e. The molecule has 1 aromatic rings. The average Bonchev–Trinajstić information content (AvgIpc) is 2.55. The van der Waals surface area contributed by atoms with Crippen molar-refractivity contribution in [3.05, 3.63) is 15.6 Å². The van der Waals surface area contributed by atoms with Gasteiger partial charge in [-0.15, -0.1) is 11.3 Å². The number of carbonyl (C=O) groups excluding carboxylic acids is 1. The molecule has 0 saturated heterocycles. The molecule has 0 radical (unpaired) electrons. The quantitative estimate of drug-likeness (QED) is 0.481. The van der Waals surface area contributed by atoms with Crippen LogP contribution < -0.4 is 11.3 Å². The number of nitrogens with two attached hydrogens (primary N) is 1. The second-order valence-electron chi connectivity index (χ2n) is 3.36. The fraction of sp³-hybridized carbons (Fsp3) is 0.556. The lowest BCUT2D eigenvalue weighted by molar-refractivity contribution is 0.0957. The molecule has 15 heavy (non-hydrogen) atoms. The van der Waals surface area contributed by atoms with E-state index in [4.69, 9.17) is 5.84 Å². The third-order valence-corrected chi connectivity index (χ3v) is 4.16. The van der Waals surface area contributed by atoms with Crippen molar-refractivity contribution in [3.63, 3.8) is 0 Å². The predicted molar refractivity (Wildman–Crippen MR) is 64.9 cm³/mol. The summed E-state index contributed by atoms with van der Waals surface area (Å²) in [6.45, 7) is 6.10. The monoisotopic (exact) mass is 245 g/mol. The number of rotatable bonds is 4. The van der Waals surface area contributed by atoms with E-state index in [2.05, 4.69) is 24.3 Å². The molecular weight excluding hydrogens is 230 g/mol. The van der Waals surface area contributed by atoms with Gasteiger partial charge in [0.15, 0.2) is 0 Å². The molecule has 6 heteroatoms. The summed E-state index contributed by atoms with van der Waals surface area (Å²) < 4.78 is 0. The maximum atomic E-state index is 11.3. The molecule has 0 bridgehead atoms. The van der Waals surface area contributed by atoms with Gasteiger partial charge >= 0.3 is 0 Å². The Hall–Kier alpha value is -0.590. The first-order chi connectivity index (χ1) is 7.04. The number of nitrogens with zero attached hydrogens (tertiary/aromatic N) is 1. The summed E-state index contributed by atoms with van der Waals surface area (Å²) in [4.78, 5) is 16.3. The number of amides is 1. The highest BCUT2D eigenvalue weighted by Gasteiger charge is 2.14. The molecule has 3 N–H and O–H groups in total. The molecule has 0 fully saturated rings. The van der Waals surface area contributed by atoms with Crippen LogP contribution in [0.25, 0.3) is 0 Å². The maximum absolute atomic E-state index is 11.3. The summed E-state index contributed by atoms with van der Waals surface area (Å²) in [6, 6.07) is 0. The fourth-order valence-electron chi connectivity index (χ4n) is 1.03. The number of carbonyl (C=O) groups is 1. The van der Waals surface area contributed by atoms with E-state index in [1.807, 2.05) is 18.7 Å². The lowest BCUT2D eigenvalue weighted by Crippen LogP contribution is -2.29. The van der Waals surface area contributed by atoms with Crippen LogP contribution in [0.2, 0.25) is 0 Å². The standard InChI is InChI=1S/C9H15N3OS2/c1-5(2)14-4-7-11-6(3)8(15-7)9(13)12-10/h5H,4,10H2,1-3H3,(H,12,13). The third-order valence-electron chi connectivity index (χ3n) is 1.72. The molecule has 0 atom stereocenters. The summed E-state index contributed by atoms with van der Waals surface area (Å²) in [5.74, 6) is 5.67. The molecule has 0 aromatic carbocycles. The van der Waals surface area contributed by atoms with E-state index in [-0.39, 0.29) is 5.91 Å². The molecule has 0 aliphatic carbocycles. The van der Waals surface area contributed by atoms with E-state index < -0.39 is 0 Å². The van der Waals surface area contributed by atoms with Crippen molar-refractivity contribution in [1.29, 1.82) is 0 Å². The Bertz CT molecular complexity index is 349. The largest absolute Gasteiger partial charge is 0.289 e. The highest BCUT2D eigenvalue weighted by Crippen LogP contribution is 2.23. The Morgan fingerprint density at radius 1 is 1.67 bits per heavy atom. The van der Waals surface area contributed by atoms with Gasteiger partial charge < -0.3 is 0 Å². The minimum absolute atomic E-state index is 0.259. The smallest absolute Gasteiger partial charge is 0.277 e. The van der Waals surface area contributed by atoms with Crippen LogP contribution in [-0.4, -0.2) is 16.1 Å². The number of thiazole rings is 1. The first kappa shape index (κ1) is 12.5. The Morgan fingerprint density at radius 2 is 2.33 bits per heavy atom. The summed E-state index contributed by atoms with van der Waals surface area (Å²) in [7, 11) is 0. The molecule has 4 nitrogen and oxygen atoms in total. The highest BCUT2D eigenvalue weighted by atomic mass is 32.2. The second kappa shape index (κ2) is 5.48. The Balaban J connectivity index is 2.72. The molecule has 0 aliphatic rings. The van der Waals surface area contributed by atoms with Gasteiger partial charge in [0, 0.05) is 5.75 Å². The normalized spacial score (nSPS) is 10.7. The van der Waals surface area contributed by atoms with Gasteiger partial charge in [-0.3, -0.25) is 10.2 Å². The third kappa shape index (κ3) is 3.48. The zero-order chi connectivity index (χ0) is 11.4. The molecule has 0 spiro atoms. The van der Waals surface area contributed by atoms with Gasteiger partial charge in [0.25, 0.3) is 5.91 Å². The summed E-state index contributed by atoms with van der Waals surface area (Å²) in [6.07, 6.45) is 0. The van der Waals surface area contributed by atoms with E-state index >= 15 is 0 Å². The molecule has 1 rings (SSSR count). The molecule has 1 heterocycles. The highest BCUT2D eigenvalue weighted by molar-refractivity contribution is 7.99. The first-order valence-electron chi connectivity index (χ1n) is 4.63. The topological polar surface area (TPSA) is 68.0 Å². The number of aromatic nitrogens is 1.